The van der Waals surface area contributed by atoms with E-state index in [2.05, 4.69) is 16.0 Å². The first-order valence-electron chi connectivity index (χ1n) is 7.29. The van der Waals surface area contributed by atoms with E-state index >= 15 is 0 Å². The van der Waals surface area contributed by atoms with Crippen molar-refractivity contribution in [2.24, 2.45) is 11.7 Å². The van der Waals surface area contributed by atoms with E-state index in [4.69, 9.17) is 18.0 Å². The highest BCUT2D eigenvalue weighted by Gasteiger charge is 2.34. The van der Waals surface area contributed by atoms with E-state index in [9.17, 15) is 0 Å². The Balaban J connectivity index is 1.94. The molecule has 1 saturated heterocycles. The third-order valence-corrected chi connectivity index (χ3v) is 4.77. The molecule has 1 aromatic rings. The van der Waals surface area contributed by atoms with Gasteiger partial charge in [0.1, 0.15) is 10.7 Å². The molecule has 1 aromatic heterocycles. The Labute approximate surface area is 120 Å². The molecule has 1 aliphatic carbocycles. The van der Waals surface area contributed by atoms with Gasteiger partial charge in [-0.3, -0.25) is 4.98 Å². The summed E-state index contributed by atoms with van der Waals surface area (Å²) in [4.78, 5) is 7.32. The number of aromatic nitrogens is 1. The molecule has 1 saturated carbocycles. The Morgan fingerprint density at radius 2 is 2.05 bits per heavy atom. The summed E-state index contributed by atoms with van der Waals surface area (Å²) in [5.74, 6) is 0.849. The average molecular weight is 275 g/mol. The van der Waals surface area contributed by atoms with Crippen LogP contribution >= 0.6 is 12.2 Å². The van der Waals surface area contributed by atoms with Crippen LogP contribution in [0.5, 0.6) is 0 Å². The van der Waals surface area contributed by atoms with Crippen LogP contribution in [0.3, 0.4) is 0 Å². The fourth-order valence-corrected chi connectivity index (χ4v) is 3.90. The Hall–Kier alpha value is -1.16. The molecule has 2 atom stereocenters. The second-order valence-electron chi connectivity index (χ2n) is 5.68. The summed E-state index contributed by atoms with van der Waals surface area (Å²) in [5, 5.41) is 0. The molecule has 0 unspecified atom stereocenters. The largest absolute Gasteiger partial charge is 0.388 e. The molecular weight excluding hydrogens is 254 g/mol. The van der Waals surface area contributed by atoms with Crippen molar-refractivity contribution in [3.05, 3.63) is 24.0 Å². The lowest BCUT2D eigenvalue weighted by Crippen LogP contribution is -2.47. The highest BCUT2D eigenvalue weighted by molar-refractivity contribution is 7.80. The maximum Gasteiger partial charge on any atom is 0.124 e. The summed E-state index contributed by atoms with van der Waals surface area (Å²) >= 11 is 5.15. The smallest absolute Gasteiger partial charge is 0.124 e. The van der Waals surface area contributed by atoms with E-state index in [-0.39, 0.29) is 0 Å². The van der Waals surface area contributed by atoms with E-state index in [1.54, 1.807) is 6.20 Å². The van der Waals surface area contributed by atoms with Gasteiger partial charge >= 0.3 is 0 Å². The Bertz CT molecular complexity index is 472. The Morgan fingerprint density at radius 3 is 2.89 bits per heavy atom. The number of piperidine rings is 1. The maximum atomic E-state index is 5.83. The first-order valence-corrected chi connectivity index (χ1v) is 7.69. The van der Waals surface area contributed by atoms with Crippen molar-refractivity contribution in [1.29, 1.82) is 0 Å². The molecule has 0 spiro atoms. The van der Waals surface area contributed by atoms with Crippen LogP contribution in [0.15, 0.2) is 18.3 Å². The van der Waals surface area contributed by atoms with E-state index < -0.39 is 0 Å². The predicted octanol–water partition coefficient (Wildman–Crippen LogP) is 2.87. The van der Waals surface area contributed by atoms with Gasteiger partial charge in [0.05, 0.1) is 5.69 Å². The number of fused-ring (bicyclic) bond motifs is 1. The molecule has 3 rings (SSSR count). The molecule has 1 aliphatic heterocycles. The van der Waals surface area contributed by atoms with Crippen molar-refractivity contribution in [2.45, 2.75) is 44.6 Å². The van der Waals surface area contributed by atoms with Gasteiger partial charge in [-0.2, -0.15) is 0 Å². The SMILES string of the molecule is NC(=S)c1ncccc1N1CCC[C@H]2CCCC[C@H]21. The minimum absolute atomic E-state index is 0.411. The molecule has 0 radical (unpaired) electrons. The zero-order valence-corrected chi connectivity index (χ0v) is 12.0. The molecule has 2 aliphatic rings. The lowest BCUT2D eigenvalue weighted by atomic mass is 9.78. The van der Waals surface area contributed by atoms with Gasteiger partial charge in [-0.25, -0.2) is 0 Å². The third-order valence-electron chi connectivity index (χ3n) is 4.57. The number of pyridine rings is 1. The molecule has 2 heterocycles. The van der Waals surface area contributed by atoms with Crippen LogP contribution in [-0.2, 0) is 0 Å². The molecule has 0 aromatic carbocycles. The van der Waals surface area contributed by atoms with Gasteiger partial charge < -0.3 is 10.6 Å². The number of nitrogens with two attached hydrogens (primary N) is 1. The van der Waals surface area contributed by atoms with Crippen LogP contribution in [-0.4, -0.2) is 22.6 Å². The molecule has 2 fully saturated rings. The van der Waals surface area contributed by atoms with Gasteiger partial charge in [-0.15, -0.1) is 0 Å². The summed E-state index contributed by atoms with van der Waals surface area (Å²) in [6.45, 7) is 1.11. The summed E-state index contributed by atoms with van der Waals surface area (Å²) in [6.07, 6.45) is 9.85. The van der Waals surface area contributed by atoms with Crippen molar-refractivity contribution < 1.29 is 0 Å². The highest BCUT2D eigenvalue weighted by atomic mass is 32.1. The second kappa shape index (κ2) is 5.45. The molecule has 3 nitrogen and oxygen atoms in total. The number of rotatable bonds is 2. The molecule has 0 bridgehead atoms. The van der Waals surface area contributed by atoms with Crippen molar-refractivity contribution in [2.75, 3.05) is 11.4 Å². The number of anilines is 1. The summed E-state index contributed by atoms with van der Waals surface area (Å²) < 4.78 is 0. The molecular formula is C15H21N3S. The number of thiocarbonyl (C=S) groups is 1. The first-order chi connectivity index (χ1) is 9.27. The van der Waals surface area contributed by atoms with Crippen molar-refractivity contribution in [3.63, 3.8) is 0 Å². The van der Waals surface area contributed by atoms with E-state index in [1.165, 1.54) is 38.5 Å². The standard InChI is InChI=1S/C15H21N3S/c16-15(19)14-13(8-3-9-17-14)18-10-4-6-11-5-1-2-7-12(11)18/h3,8-9,11-12H,1-2,4-7,10H2,(H2,16,19)/t11-,12-/m1/s1. The fraction of sp³-hybridized carbons (Fsp3) is 0.600. The van der Waals surface area contributed by atoms with E-state index in [0.717, 1.165) is 23.8 Å². The molecule has 19 heavy (non-hydrogen) atoms. The van der Waals surface area contributed by atoms with Crippen LogP contribution in [0.2, 0.25) is 0 Å². The molecule has 102 valence electrons. The minimum atomic E-state index is 0.411. The lowest BCUT2D eigenvalue weighted by Gasteiger charge is -2.45. The van der Waals surface area contributed by atoms with Crippen LogP contribution in [0.1, 0.15) is 44.2 Å². The summed E-state index contributed by atoms with van der Waals surface area (Å²) in [5.41, 5.74) is 7.77. The average Bonchev–Trinajstić information content (AvgIpc) is 2.46. The van der Waals surface area contributed by atoms with Crippen LogP contribution in [0.25, 0.3) is 0 Å². The molecule has 2 N–H and O–H groups in total. The lowest BCUT2D eigenvalue weighted by molar-refractivity contribution is 0.243. The van der Waals surface area contributed by atoms with Crippen molar-refractivity contribution >= 4 is 22.9 Å². The number of hydrogen-bond acceptors (Lipinski definition) is 3. The maximum absolute atomic E-state index is 5.83. The first kappa shape index (κ1) is 12.9. The Morgan fingerprint density at radius 1 is 1.26 bits per heavy atom. The van der Waals surface area contributed by atoms with Gasteiger partial charge in [0.25, 0.3) is 0 Å². The van der Waals surface area contributed by atoms with Crippen LogP contribution < -0.4 is 10.6 Å². The number of hydrogen-bond donors (Lipinski definition) is 1. The van der Waals surface area contributed by atoms with E-state index in [1.807, 2.05) is 6.07 Å². The monoisotopic (exact) mass is 275 g/mol. The topological polar surface area (TPSA) is 42.1 Å². The number of nitrogens with zero attached hydrogens (tertiary/aromatic N) is 2. The van der Waals surface area contributed by atoms with Gasteiger partial charge in [-0.1, -0.05) is 25.1 Å². The van der Waals surface area contributed by atoms with Crippen LogP contribution in [0.4, 0.5) is 5.69 Å². The third kappa shape index (κ3) is 2.46. The van der Waals surface area contributed by atoms with Gasteiger partial charge in [0.2, 0.25) is 0 Å². The Kier molecular flexibility index (Phi) is 3.69. The van der Waals surface area contributed by atoms with Crippen molar-refractivity contribution in [1.82, 2.24) is 4.98 Å². The zero-order valence-electron chi connectivity index (χ0n) is 11.2. The zero-order chi connectivity index (χ0) is 13.2. The summed E-state index contributed by atoms with van der Waals surface area (Å²) in [6, 6.07) is 4.78. The van der Waals surface area contributed by atoms with Gasteiger partial charge in [-0.05, 0) is 43.7 Å². The highest BCUT2D eigenvalue weighted by Crippen LogP contribution is 2.38. The van der Waals surface area contributed by atoms with E-state index in [0.29, 0.717) is 11.0 Å². The van der Waals surface area contributed by atoms with Crippen LogP contribution in [0, 0.1) is 5.92 Å². The second-order valence-corrected chi connectivity index (χ2v) is 6.12. The fourth-order valence-electron chi connectivity index (χ4n) is 3.74. The molecule has 0 amide bonds. The van der Waals surface area contributed by atoms with Gasteiger partial charge in [0, 0.05) is 18.8 Å². The predicted molar refractivity (Wildman–Crippen MR) is 82.5 cm³/mol. The molecule has 4 heteroatoms. The quantitative estimate of drug-likeness (QED) is 0.843. The van der Waals surface area contributed by atoms with Crippen molar-refractivity contribution in [3.8, 4) is 0 Å². The minimum Gasteiger partial charge on any atom is -0.388 e. The normalized spacial score (nSPS) is 26.8. The summed E-state index contributed by atoms with van der Waals surface area (Å²) in [7, 11) is 0. The van der Waals surface area contributed by atoms with Gasteiger partial charge in [0.15, 0.2) is 0 Å².